The molecule has 4 heteroatoms. The van der Waals surface area contributed by atoms with Crippen LogP contribution in [0.2, 0.25) is 0 Å². The van der Waals surface area contributed by atoms with Gasteiger partial charge in [-0.15, -0.1) is 0 Å². The molecular weight excluding hydrogens is 446 g/mol. The molecule has 4 nitrogen and oxygen atoms in total. The number of hydrogen-bond acceptors (Lipinski definition) is 3. The molecule has 0 aliphatic carbocycles. The van der Waals surface area contributed by atoms with Crippen molar-refractivity contribution in [2.75, 3.05) is 6.61 Å². The van der Waals surface area contributed by atoms with E-state index in [2.05, 4.69) is 85.1 Å². The number of aromatic nitrogens is 1. The molecule has 0 radical (unpaired) electrons. The van der Waals surface area contributed by atoms with Gasteiger partial charge in [0.25, 0.3) is 0 Å². The molecule has 0 unspecified atom stereocenters. The lowest BCUT2D eigenvalue weighted by Gasteiger charge is -2.17. The van der Waals surface area contributed by atoms with Crippen LogP contribution >= 0.6 is 0 Å². The van der Waals surface area contributed by atoms with Crippen LogP contribution < -0.4 is 4.74 Å². The van der Waals surface area contributed by atoms with Gasteiger partial charge in [-0.2, -0.15) is 0 Å². The lowest BCUT2D eigenvalue weighted by atomic mass is 10.1. The maximum absolute atomic E-state index is 12.4. The molecule has 180 valence electrons. The molecule has 36 heavy (non-hydrogen) atoms. The van der Waals surface area contributed by atoms with Gasteiger partial charge in [0.1, 0.15) is 12.4 Å². The third-order valence-electron chi connectivity index (χ3n) is 6.31. The summed E-state index contributed by atoms with van der Waals surface area (Å²) in [5.74, 6) is 0.496. The number of ether oxygens (including phenoxy) is 2. The first kappa shape index (κ1) is 23.4. The predicted octanol–water partition coefficient (Wildman–Crippen LogP) is 7.67. The Hall–Kier alpha value is -4.31. The van der Waals surface area contributed by atoms with Crippen molar-refractivity contribution in [1.29, 1.82) is 0 Å². The number of nitrogens with zero attached hydrogens (tertiary/aromatic N) is 1. The molecule has 5 rings (SSSR count). The van der Waals surface area contributed by atoms with E-state index in [-0.39, 0.29) is 5.97 Å². The van der Waals surface area contributed by atoms with Gasteiger partial charge in [-0.1, -0.05) is 54.1 Å². The molecule has 0 bridgehead atoms. The standard InChI is InChI=1S/C32H29NO3/c1-4-35-32(34)27-10-7-11-28(20-27)33-23(3)13-16-30(33)29-18-22(2)12-17-31(29)36-21-24-14-15-25-8-5-6-9-26(25)19-24/h5-20H,4,21H2,1-3H3. The summed E-state index contributed by atoms with van der Waals surface area (Å²) in [7, 11) is 0. The highest BCUT2D eigenvalue weighted by atomic mass is 16.5. The third kappa shape index (κ3) is 4.76. The second kappa shape index (κ2) is 10.1. The van der Waals surface area contributed by atoms with Crippen LogP contribution in [-0.4, -0.2) is 17.1 Å². The second-order valence-electron chi connectivity index (χ2n) is 8.94. The predicted molar refractivity (Wildman–Crippen MR) is 145 cm³/mol. The minimum atomic E-state index is -0.319. The fourth-order valence-corrected chi connectivity index (χ4v) is 4.54. The molecule has 0 aliphatic heterocycles. The minimum absolute atomic E-state index is 0.319. The Morgan fingerprint density at radius 3 is 2.47 bits per heavy atom. The number of rotatable bonds is 7. The summed E-state index contributed by atoms with van der Waals surface area (Å²) in [4.78, 5) is 12.4. The summed E-state index contributed by atoms with van der Waals surface area (Å²) in [6.45, 7) is 6.77. The fourth-order valence-electron chi connectivity index (χ4n) is 4.54. The Bertz CT molecular complexity index is 1550. The summed E-state index contributed by atoms with van der Waals surface area (Å²) >= 11 is 0. The number of benzene rings is 4. The quantitative estimate of drug-likeness (QED) is 0.227. The van der Waals surface area contributed by atoms with Crippen molar-refractivity contribution in [3.63, 3.8) is 0 Å². The fraction of sp³-hybridized carbons (Fsp3) is 0.156. The zero-order valence-corrected chi connectivity index (χ0v) is 20.8. The van der Waals surface area contributed by atoms with Crippen LogP contribution in [0.5, 0.6) is 5.75 Å². The summed E-state index contributed by atoms with van der Waals surface area (Å²) in [5, 5.41) is 2.42. The molecule has 5 aromatic rings. The first-order valence-electron chi connectivity index (χ1n) is 12.2. The third-order valence-corrected chi connectivity index (χ3v) is 6.31. The lowest BCUT2D eigenvalue weighted by Crippen LogP contribution is -2.07. The van der Waals surface area contributed by atoms with Crippen LogP contribution in [0.1, 0.15) is 34.1 Å². The molecule has 0 N–H and O–H groups in total. The normalized spacial score (nSPS) is 11.0. The van der Waals surface area contributed by atoms with Crippen molar-refractivity contribution < 1.29 is 14.3 Å². The largest absolute Gasteiger partial charge is 0.488 e. The molecule has 0 fully saturated rings. The van der Waals surface area contributed by atoms with E-state index in [1.54, 1.807) is 6.07 Å². The Morgan fingerprint density at radius 1 is 0.806 bits per heavy atom. The number of esters is 1. The average Bonchev–Trinajstić information content (AvgIpc) is 3.29. The lowest BCUT2D eigenvalue weighted by molar-refractivity contribution is 0.0526. The SMILES string of the molecule is CCOC(=O)c1cccc(-n2c(C)ccc2-c2cc(C)ccc2OCc2ccc3ccccc3c2)c1. The first-order chi connectivity index (χ1) is 17.5. The maximum atomic E-state index is 12.4. The highest BCUT2D eigenvalue weighted by Crippen LogP contribution is 2.35. The average molecular weight is 476 g/mol. The number of fused-ring (bicyclic) bond motifs is 1. The molecule has 0 saturated carbocycles. The van der Waals surface area contributed by atoms with Gasteiger partial charge < -0.3 is 14.0 Å². The zero-order valence-electron chi connectivity index (χ0n) is 20.8. The Labute approximate surface area is 211 Å². The Morgan fingerprint density at radius 2 is 1.64 bits per heavy atom. The molecule has 1 heterocycles. The van der Waals surface area contributed by atoms with Gasteiger partial charge in [0.2, 0.25) is 0 Å². The highest BCUT2D eigenvalue weighted by Gasteiger charge is 2.16. The van der Waals surface area contributed by atoms with E-state index >= 15 is 0 Å². The number of hydrogen-bond donors (Lipinski definition) is 0. The van der Waals surface area contributed by atoms with Crippen LogP contribution in [0.3, 0.4) is 0 Å². The molecule has 0 aliphatic rings. The van der Waals surface area contributed by atoms with E-state index in [9.17, 15) is 4.79 Å². The number of aryl methyl sites for hydroxylation is 2. The topological polar surface area (TPSA) is 40.5 Å². The molecular formula is C32H29NO3. The van der Waals surface area contributed by atoms with E-state index in [1.807, 2.05) is 31.2 Å². The number of carbonyl (C=O) groups excluding carboxylic acids is 1. The molecule has 1 aromatic heterocycles. The monoisotopic (exact) mass is 475 g/mol. The summed E-state index contributed by atoms with van der Waals surface area (Å²) in [6, 6.07) is 32.8. The van der Waals surface area contributed by atoms with Crippen LogP contribution in [0.25, 0.3) is 27.7 Å². The van der Waals surface area contributed by atoms with Crippen LogP contribution in [0.15, 0.2) is 97.1 Å². The van der Waals surface area contributed by atoms with Crippen molar-refractivity contribution in [3.05, 3.63) is 119 Å². The van der Waals surface area contributed by atoms with Gasteiger partial charge in [-0.05, 0) is 85.6 Å². The summed E-state index contributed by atoms with van der Waals surface area (Å²) < 4.78 is 13.8. The molecule has 0 amide bonds. The van der Waals surface area contributed by atoms with Crippen molar-refractivity contribution in [2.24, 2.45) is 0 Å². The van der Waals surface area contributed by atoms with Crippen LogP contribution in [0.4, 0.5) is 0 Å². The second-order valence-corrected chi connectivity index (χ2v) is 8.94. The van der Waals surface area contributed by atoms with E-state index in [0.29, 0.717) is 18.8 Å². The van der Waals surface area contributed by atoms with E-state index in [1.165, 1.54) is 10.8 Å². The van der Waals surface area contributed by atoms with E-state index in [4.69, 9.17) is 9.47 Å². The van der Waals surface area contributed by atoms with Gasteiger partial charge in [-0.25, -0.2) is 4.79 Å². The van der Waals surface area contributed by atoms with Crippen molar-refractivity contribution >= 4 is 16.7 Å². The van der Waals surface area contributed by atoms with Crippen LogP contribution in [-0.2, 0) is 11.3 Å². The molecule has 0 atom stereocenters. The number of carbonyl (C=O) groups is 1. The molecule has 0 spiro atoms. The van der Waals surface area contributed by atoms with Gasteiger partial charge in [0, 0.05) is 16.9 Å². The molecule has 0 saturated heterocycles. The first-order valence-corrected chi connectivity index (χ1v) is 12.2. The maximum Gasteiger partial charge on any atom is 0.338 e. The zero-order chi connectivity index (χ0) is 25.1. The van der Waals surface area contributed by atoms with Crippen molar-refractivity contribution in [1.82, 2.24) is 4.57 Å². The Balaban J connectivity index is 1.50. The van der Waals surface area contributed by atoms with Crippen molar-refractivity contribution in [2.45, 2.75) is 27.4 Å². The van der Waals surface area contributed by atoms with Gasteiger partial charge >= 0.3 is 5.97 Å². The van der Waals surface area contributed by atoms with E-state index in [0.717, 1.165) is 39.5 Å². The Kier molecular flexibility index (Phi) is 6.59. The molecule has 4 aromatic carbocycles. The van der Waals surface area contributed by atoms with Gasteiger partial charge in [-0.3, -0.25) is 0 Å². The van der Waals surface area contributed by atoms with Crippen LogP contribution in [0, 0.1) is 13.8 Å². The summed E-state index contributed by atoms with van der Waals surface area (Å²) in [6.07, 6.45) is 0. The van der Waals surface area contributed by atoms with Gasteiger partial charge in [0.05, 0.1) is 17.9 Å². The van der Waals surface area contributed by atoms with E-state index < -0.39 is 0 Å². The minimum Gasteiger partial charge on any atom is -0.488 e. The summed E-state index contributed by atoms with van der Waals surface area (Å²) in [5.41, 5.74) is 6.78. The van der Waals surface area contributed by atoms with Crippen molar-refractivity contribution in [3.8, 4) is 22.7 Å². The highest BCUT2D eigenvalue weighted by molar-refractivity contribution is 5.90. The smallest absolute Gasteiger partial charge is 0.338 e. The van der Waals surface area contributed by atoms with Gasteiger partial charge in [0.15, 0.2) is 0 Å².